The second-order valence-corrected chi connectivity index (χ2v) is 3.61. The predicted molar refractivity (Wildman–Crippen MR) is 62.1 cm³/mol. The summed E-state index contributed by atoms with van der Waals surface area (Å²) in [6.07, 6.45) is 2.91. The van der Waals surface area contributed by atoms with E-state index >= 15 is 0 Å². The molecule has 0 saturated heterocycles. The molecule has 15 heavy (non-hydrogen) atoms. The standard InChI is InChI=1S/C12H16N2O/c1-14-9-12(15-8-4-7-13)10-5-2-3-6-11(10)14/h2-3,5-6,9H,4,7-8,13H2,1H3. The van der Waals surface area contributed by atoms with Gasteiger partial charge in [0.05, 0.1) is 12.1 Å². The molecular weight excluding hydrogens is 188 g/mol. The molecule has 0 unspecified atom stereocenters. The van der Waals surface area contributed by atoms with Crippen molar-refractivity contribution in [2.75, 3.05) is 13.2 Å². The molecule has 2 rings (SSSR count). The van der Waals surface area contributed by atoms with Crippen LogP contribution in [-0.2, 0) is 7.05 Å². The van der Waals surface area contributed by atoms with Crippen LogP contribution in [0.1, 0.15) is 6.42 Å². The Hall–Kier alpha value is -1.48. The highest BCUT2D eigenvalue weighted by Crippen LogP contribution is 2.26. The third-order valence-corrected chi connectivity index (χ3v) is 2.47. The maximum absolute atomic E-state index is 5.68. The Balaban J connectivity index is 2.27. The smallest absolute Gasteiger partial charge is 0.144 e. The van der Waals surface area contributed by atoms with Gasteiger partial charge in [0, 0.05) is 18.6 Å². The van der Waals surface area contributed by atoms with Crippen LogP contribution in [0.25, 0.3) is 10.9 Å². The van der Waals surface area contributed by atoms with Crippen LogP contribution in [0.2, 0.25) is 0 Å². The number of aromatic nitrogens is 1. The first-order valence-corrected chi connectivity index (χ1v) is 5.20. The topological polar surface area (TPSA) is 40.2 Å². The Morgan fingerprint density at radius 3 is 2.93 bits per heavy atom. The van der Waals surface area contributed by atoms with Crippen LogP contribution < -0.4 is 10.5 Å². The molecule has 0 bridgehead atoms. The summed E-state index contributed by atoms with van der Waals surface area (Å²) in [7, 11) is 2.03. The number of para-hydroxylation sites is 1. The summed E-state index contributed by atoms with van der Waals surface area (Å²) in [6, 6.07) is 8.22. The number of rotatable bonds is 4. The Morgan fingerprint density at radius 2 is 2.13 bits per heavy atom. The summed E-state index contributed by atoms with van der Waals surface area (Å²) in [4.78, 5) is 0. The van der Waals surface area contributed by atoms with E-state index in [0.29, 0.717) is 13.2 Å². The van der Waals surface area contributed by atoms with Crippen LogP contribution in [-0.4, -0.2) is 17.7 Å². The highest BCUT2D eigenvalue weighted by Gasteiger charge is 2.05. The molecule has 0 aliphatic carbocycles. The van der Waals surface area contributed by atoms with E-state index in [1.165, 1.54) is 5.52 Å². The van der Waals surface area contributed by atoms with E-state index in [4.69, 9.17) is 10.5 Å². The Bertz CT molecular complexity index is 448. The lowest BCUT2D eigenvalue weighted by molar-refractivity contribution is 0.316. The number of hydrogen-bond acceptors (Lipinski definition) is 2. The predicted octanol–water partition coefficient (Wildman–Crippen LogP) is 1.91. The van der Waals surface area contributed by atoms with Crippen molar-refractivity contribution >= 4 is 10.9 Å². The normalized spacial score (nSPS) is 10.8. The van der Waals surface area contributed by atoms with Crippen LogP contribution in [0.4, 0.5) is 0 Å². The van der Waals surface area contributed by atoms with Crippen molar-refractivity contribution < 1.29 is 4.74 Å². The summed E-state index contributed by atoms with van der Waals surface area (Å²) < 4.78 is 7.76. The van der Waals surface area contributed by atoms with Crippen molar-refractivity contribution in [3.63, 3.8) is 0 Å². The number of nitrogens with two attached hydrogens (primary N) is 1. The third kappa shape index (κ3) is 1.97. The highest BCUT2D eigenvalue weighted by molar-refractivity contribution is 5.86. The van der Waals surface area contributed by atoms with Gasteiger partial charge >= 0.3 is 0 Å². The molecule has 0 aliphatic rings. The van der Waals surface area contributed by atoms with Crippen LogP contribution in [0.15, 0.2) is 30.5 Å². The second kappa shape index (κ2) is 4.36. The minimum Gasteiger partial charge on any atom is -0.491 e. The lowest BCUT2D eigenvalue weighted by atomic mass is 10.2. The largest absolute Gasteiger partial charge is 0.491 e. The average Bonchev–Trinajstić information content (AvgIpc) is 2.58. The maximum Gasteiger partial charge on any atom is 0.144 e. The molecular formula is C12H16N2O. The van der Waals surface area contributed by atoms with Gasteiger partial charge < -0.3 is 15.0 Å². The van der Waals surface area contributed by atoms with E-state index in [0.717, 1.165) is 17.6 Å². The fraction of sp³-hybridized carbons (Fsp3) is 0.333. The number of benzene rings is 1. The molecule has 2 aromatic rings. The Labute approximate surface area is 89.4 Å². The van der Waals surface area contributed by atoms with E-state index in [2.05, 4.69) is 16.7 Å². The number of aryl methyl sites for hydroxylation is 1. The number of hydrogen-bond donors (Lipinski definition) is 1. The summed E-state index contributed by atoms with van der Waals surface area (Å²) >= 11 is 0. The van der Waals surface area contributed by atoms with Crippen molar-refractivity contribution in [2.45, 2.75) is 6.42 Å². The number of ether oxygens (including phenoxy) is 1. The van der Waals surface area contributed by atoms with Gasteiger partial charge in [-0.15, -0.1) is 0 Å². The zero-order chi connectivity index (χ0) is 10.7. The molecule has 1 heterocycles. The summed E-state index contributed by atoms with van der Waals surface area (Å²) in [6.45, 7) is 1.36. The molecule has 1 aromatic heterocycles. The van der Waals surface area contributed by atoms with Gasteiger partial charge in [-0.05, 0) is 25.1 Å². The van der Waals surface area contributed by atoms with Crippen LogP contribution in [0, 0.1) is 0 Å². The van der Waals surface area contributed by atoms with Gasteiger partial charge in [0.2, 0.25) is 0 Å². The van der Waals surface area contributed by atoms with Crippen LogP contribution in [0.5, 0.6) is 5.75 Å². The minimum atomic E-state index is 0.671. The zero-order valence-corrected chi connectivity index (χ0v) is 8.94. The van der Waals surface area contributed by atoms with Crippen molar-refractivity contribution in [1.29, 1.82) is 0 Å². The van der Waals surface area contributed by atoms with Gasteiger partial charge in [-0.25, -0.2) is 0 Å². The third-order valence-electron chi connectivity index (χ3n) is 2.47. The molecule has 0 radical (unpaired) electrons. The quantitative estimate of drug-likeness (QED) is 0.773. The fourth-order valence-electron chi connectivity index (χ4n) is 1.69. The van der Waals surface area contributed by atoms with E-state index in [1.54, 1.807) is 0 Å². The first-order chi connectivity index (χ1) is 7.33. The first-order valence-electron chi connectivity index (χ1n) is 5.20. The van der Waals surface area contributed by atoms with Gasteiger partial charge in [-0.2, -0.15) is 0 Å². The molecule has 0 saturated carbocycles. The van der Waals surface area contributed by atoms with Gasteiger partial charge in [0.25, 0.3) is 0 Å². The van der Waals surface area contributed by atoms with Crippen LogP contribution >= 0.6 is 0 Å². The Kier molecular flexibility index (Phi) is 2.92. The second-order valence-electron chi connectivity index (χ2n) is 3.61. The molecule has 0 atom stereocenters. The summed E-state index contributed by atoms with van der Waals surface area (Å²) in [5.74, 6) is 0.946. The molecule has 2 N–H and O–H groups in total. The lowest BCUT2D eigenvalue weighted by Gasteiger charge is -2.02. The SMILES string of the molecule is Cn1cc(OCCCN)c2ccccc21. The van der Waals surface area contributed by atoms with E-state index < -0.39 is 0 Å². The molecule has 3 nitrogen and oxygen atoms in total. The molecule has 0 aliphatic heterocycles. The monoisotopic (exact) mass is 204 g/mol. The lowest BCUT2D eigenvalue weighted by Crippen LogP contribution is -2.05. The highest BCUT2D eigenvalue weighted by atomic mass is 16.5. The molecule has 0 fully saturated rings. The van der Waals surface area contributed by atoms with Gasteiger partial charge in [-0.3, -0.25) is 0 Å². The van der Waals surface area contributed by atoms with Crippen LogP contribution in [0.3, 0.4) is 0 Å². The molecule has 0 spiro atoms. The fourth-order valence-corrected chi connectivity index (χ4v) is 1.69. The Morgan fingerprint density at radius 1 is 1.33 bits per heavy atom. The first kappa shape index (κ1) is 10.1. The van der Waals surface area contributed by atoms with E-state index in [-0.39, 0.29) is 0 Å². The van der Waals surface area contributed by atoms with E-state index in [1.807, 2.05) is 25.4 Å². The zero-order valence-electron chi connectivity index (χ0n) is 8.94. The van der Waals surface area contributed by atoms with Gasteiger partial charge in [0.15, 0.2) is 0 Å². The van der Waals surface area contributed by atoms with Crippen molar-refractivity contribution in [1.82, 2.24) is 4.57 Å². The van der Waals surface area contributed by atoms with Crippen molar-refractivity contribution in [2.24, 2.45) is 12.8 Å². The number of nitrogens with zero attached hydrogens (tertiary/aromatic N) is 1. The van der Waals surface area contributed by atoms with Crippen molar-refractivity contribution in [3.05, 3.63) is 30.5 Å². The maximum atomic E-state index is 5.68. The molecule has 1 aromatic carbocycles. The summed E-state index contributed by atoms with van der Waals surface area (Å²) in [5.41, 5.74) is 6.62. The molecule has 80 valence electrons. The van der Waals surface area contributed by atoms with Gasteiger partial charge in [0.1, 0.15) is 5.75 Å². The van der Waals surface area contributed by atoms with E-state index in [9.17, 15) is 0 Å². The average molecular weight is 204 g/mol. The minimum absolute atomic E-state index is 0.671. The molecule has 0 amide bonds. The molecule has 3 heteroatoms. The summed E-state index contributed by atoms with van der Waals surface area (Å²) in [5, 5.41) is 1.16. The van der Waals surface area contributed by atoms with Crippen molar-refractivity contribution in [3.8, 4) is 5.75 Å². The van der Waals surface area contributed by atoms with Gasteiger partial charge in [-0.1, -0.05) is 12.1 Å². The number of fused-ring (bicyclic) bond motifs is 1.